The van der Waals surface area contributed by atoms with E-state index in [9.17, 15) is 4.39 Å². The van der Waals surface area contributed by atoms with Crippen molar-refractivity contribution < 1.29 is 9.13 Å². The van der Waals surface area contributed by atoms with Crippen LogP contribution >= 0.6 is 0 Å². The summed E-state index contributed by atoms with van der Waals surface area (Å²) < 4.78 is 18.7. The third-order valence-corrected chi connectivity index (χ3v) is 3.79. The van der Waals surface area contributed by atoms with E-state index in [0.717, 1.165) is 25.1 Å². The second-order valence-electron chi connectivity index (χ2n) is 5.24. The van der Waals surface area contributed by atoms with Gasteiger partial charge in [-0.2, -0.15) is 0 Å². The summed E-state index contributed by atoms with van der Waals surface area (Å²) in [5, 5.41) is 0. The SMILES string of the molecule is CCC(c1ccc(F)cc1)N1CCOC(C(C)N)C1. The molecule has 2 rings (SSSR count). The molecule has 19 heavy (non-hydrogen) atoms. The van der Waals surface area contributed by atoms with Crippen LogP contribution in [-0.2, 0) is 4.74 Å². The summed E-state index contributed by atoms with van der Waals surface area (Å²) in [6, 6.07) is 7.15. The molecule has 0 aliphatic carbocycles. The predicted molar refractivity (Wildman–Crippen MR) is 74.4 cm³/mol. The van der Waals surface area contributed by atoms with Crippen molar-refractivity contribution in [2.45, 2.75) is 38.5 Å². The van der Waals surface area contributed by atoms with Crippen molar-refractivity contribution in [2.24, 2.45) is 5.73 Å². The van der Waals surface area contributed by atoms with Crippen LogP contribution < -0.4 is 5.73 Å². The number of halogens is 1. The van der Waals surface area contributed by atoms with Gasteiger partial charge in [-0.1, -0.05) is 19.1 Å². The molecule has 1 aromatic rings. The average molecular weight is 266 g/mol. The molecule has 1 aliphatic rings. The van der Waals surface area contributed by atoms with Crippen molar-refractivity contribution in [3.05, 3.63) is 35.6 Å². The first-order valence-corrected chi connectivity index (χ1v) is 6.98. The number of morpholine rings is 1. The van der Waals surface area contributed by atoms with E-state index < -0.39 is 0 Å². The van der Waals surface area contributed by atoms with Crippen molar-refractivity contribution in [1.29, 1.82) is 0 Å². The van der Waals surface area contributed by atoms with E-state index in [1.165, 1.54) is 12.1 Å². The first-order chi connectivity index (χ1) is 9.11. The van der Waals surface area contributed by atoms with Gasteiger partial charge in [0.2, 0.25) is 0 Å². The Kier molecular flexibility index (Phi) is 4.91. The van der Waals surface area contributed by atoms with Gasteiger partial charge in [0, 0.05) is 25.2 Å². The van der Waals surface area contributed by atoms with Gasteiger partial charge in [-0.15, -0.1) is 0 Å². The van der Waals surface area contributed by atoms with Crippen molar-refractivity contribution >= 4 is 0 Å². The van der Waals surface area contributed by atoms with Crippen LogP contribution in [0.1, 0.15) is 31.9 Å². The quantitative estimate of drug-likeness (QED) is 0.909. The third-order valence-electron chi connectivity index (χ3n) is 3.79. The summed E-state index contributed by atoms with van der Waals surface area (Å²) in [6.45, 7) is 6.59. The fourth-order valence-electron chi connectivity index (χ4n) is 2.69. The van der Waals surface area contributed by atoms with E-state index in [0.29, 0.717) is 12.6 Å². The molecule has 1 aromatic carbocycles. The first-order valence-electron chi connectivity index (χ1n) is 6.98. The molecule has 1 aliphatic heterocycles. The first kappa shape index (κ1) is 14.4. The Labute approximate surface area is 114 Å². The van der Waals surface area contributed by atoms with Gasteiger partial charge >= 0.3 is 0 Å². The van der Waals surface area contributed by atoms with Gasteiger partial charge in [0.05, 0.1) is 12.7 Å². The summed E-state index contributed by atoms with van der Waals surface area (Å²) >= 11 is 0. The molecular weight excluding hydrogens is 243 g/mol. The largest absolute Gasteiger partial charge is 0.374 e. The van der Waals surface area contributed by atoms with Gasteiger partial charge in [-0.3, -0.25) is 4.90 Å². The minimum absolute atomic E-state index is 0.0357. The second kappa shape index (κ2) is 6.46. The molecule has 3 unspecified atom stereocenters. The van der Waals surface area contributed by atoms with Crippen LogP contribution in [0.15, 0.2) is 24.3 Å². The fourth-order valence-corrected chi connectivity index (χ4v) is 2.69. The van der Waals surface area contributed by atoms with Crippen LogP contribution in [0.5, 0.6) is 0 Å². The van der Waals surface area contributed by atoms with Gasteiger partial charge in [0.25, 0.3) is 0 Å². The minimum Gasteiger partial charge on any atom is -0.374 e. The van der Waals surface area contributed by atoms with E-state index >= 15 is 0 Å². The normalized spacial score (nSPS) is 24.1. The lowest BCUT2D eigenvalue weighted by molar-refractivity contribution is -0.0527. The maximum Gasteiger partial charge on any atom is 0.123 e. The van der Waals surface area contributed by atoms with Crippen LogP contribution in [0.2, 0.25) is 0 Å². The number of ether oxygens (including phenoxy) is 1. The smallest absolute Gasteiger partial charge is 0.123 e. The third kappa shape index (κ3) is 3.53. The monoisotopic (exact) mass is 266 g/mol. The minimum atomic E-state index is -0.186. The summed E-state index contributed by atoms with van der Waals surface area (Å²) in [4.78, 5) is 2.39. The molecule has 4 heteroatoms. The van der Waals surface area contributed by atoms with Crippen LogP contribution in [0.3, 0.4) is 0 Å². The molecular formula is C15H23FN2O. The predicted octanol–water partition coefficient (Wildman–Crippen LogP) is 2.32. The Bertz CT molecular complexity index is 394. The van der Waals surface area contributed by atoms with Gasteiger partial charge in [-0.05, 0) is 31.0 Å². The lowest BCUT2D eigenvalue weighted by Crippen LogP contribution is -2.50. The Morgan fingerprint density at radius 2 is 2.11 bits per heavy atom. The maximum atomic E-state index is 13.0. The summed E-state index contributed by atoms with van der Waals surface area (Å²) in [5.41, 5.74) is 7.09. The molecule has 0 radical (unpaired) electrons. The molecule has 0 spiro atoms. The topological polar surface area (TPSA) is 38.5 Å². The molecule has 3 nitrogen and oxygen atoms in total. The fraction of sp³-hybridized carbons (Fsp3) is 0.600. The molecule has 0 bridgehead atoms. The van der Waals surface area contributed by atoms with Crippen molar-refractivity contribution in [1.82, 2.24) is 4.90 Å². The summed E-state index contributed by atoms with van der Waals surface area (Å²) in [7, 11) is 0. The van der Waals surface area contributed by atoms with Crippen molar-refractivity contribution in [3.63, 3.8) is 0 Å². The Balaban J connectivity index is 2.10. The lowest BCUT2D eigenvalue weighted by atomic mass is 10.0. The van der Waals surface area contributed by atoms with Crippen LogP contribution in [0.4, 0.5) is 4.39 Å². The van der Waals surface area contributed by atoms with Gasteiger partial charge < -0.3 is 10.5 Å². The van der Waals surface area contributed by atoms with Gasteiger partial charge in [-0.25, -0.2) is 4.39 Å². The highest BCUT2D eigenvalue weighted by Gasteiger charge is 2.28. The molecule has 0 aromatic heterocycles. The van der Waals surface area contributed by atoms with E-state index in [1.54, 1.807) is 0 Å². The molecule has 2 N–H and O–H groups in total. The highest BCUT2D eigenvalue weighted by molar-refractivity contribution is 5.20. The van der Waals surface area contributed by atoms with Crippen LogP contribution in [0.25, 0.3) is 0 Å². The summed E-state index contributed by atoms with van der Waals surface area (Å²) in [5.74, 6) is -0.186. The van der Waals surface area contributed by atoms with Crippen molar-refractivity contribution in [2.75, 3.05) is 19.7 Å². The molecule has 1 heterocycles. The van der Waals surface area contributed by atoms with Crippen molar-refractivity contribution in [3.8, 4) is 0 Å². The molecule has 0 saturated carbocycles. The maximum absolute atomic E-state index is 13.0. The van der Waals surface area contributed by atoms with E-state index in [4.69, 9.17) is 10.5 Å². The number of rotatable bonds is 4. The molecule has 1 fully saturated rings. The average Bonchev–Trinajstić information content (AvgIpc) is 2.42. The molecule has 1 saturated heterocycles. The lowest BCUT2D eigenvalue weighted by Gasteiger charge is -2.39. The van der Waals surface area contributed by atoms with Crippen LogP contribution in [0, 0.1) is 5.82 Å². The van der Waals surface area contributed by atoms with Crippen LogP contribution in [-0.4, -0.2) is 36.7 Å². The van der Waals surface area contributed by atoms with Gasteiger partial charge in [0.15, 0.2) is 0 Å². The van der Waals surface area contributed by atoms with E-state index in [2.05, 4.69) is 11.8 Å². The highest BCUT2D eigenvalue weighted by atomic mass is 19.1. The van der Waals surface area contributed by atoms with E-state index in [1.807, 2.05) is 19.1 Å². The number of benzene rings is 1. The van der Waals surface area contributed by atoms with E-state index in [-0.39, 0.29) is 18.0 Å². The molecule has 0 amide bonds. The Morgan fingerprint density at radius 3 is 2.68 bits per heavy atom. The zero-order valence-electron chi connectivity index (χ0n) is 11.7. The Hall–Kier alpha value is -0.970. The highest BCUT2D eigenvalue weighted by Crippen LogP contribution is 2.26. The molecule has 106 valence electrons. The standard InChI is InChI=1S/C15H23FN2O/c1-3-14(12-4-6-13(16)7-5-12)18-8-9-19-15(10-18)11(2)17/h4-7,11,14-15H,3,8-10,17H2,1-2H3. The number of hydrogen-bond donors (Lipinski definition) is 1. The Morgan fingerprint density at radius 1 is 1.42 bits per heavy atom. The zero-order chi connectivity index (χ0) is 13.8. The molecule has 3 atom stereocenters. The summed E-state index contributed by atoms with van der Waals surface area (Å²) in [6.07, 6.45) is 1.08. The number of hydrogen-bond acceptors (Lipinski definition) is 3. The van der Waals surface area contributed by atoms with Gasteiger partial charge in [0.1, 0.15) is 5.82 Å². The number of nitrogens with two attached hydrogens (primary N) is 1. The second-order valence-corrected chi connectivity index (χ2v) is 5.24. The number of nitrogens with zero attached hydrogens (tertiary/aromatic N) is 1. The zero-order valence-corrected chi connectivity index (χ0v) is 11.7.